The molecule has 0 fully saturated rings. The first-order valence-corrected chi connectivity index (χ1v) is 13.7. The Hall–Kier alpha value is -2.90. The van der Waals surface area contributed by atoms with Crippen molar-refractivity contribution in [2.45, 2.75) is 52.1 Å². The Morgan fingerprint density at radius 3 is 2.74 bits per heavy atom. The van der Waals surface area contributed by atoms with E-state index < -0.39 is 0 Å². The van der Waals surface area contributed by atoms with E-state index in [0.717, 1.165) is 57.5 Å². The Balaban J connectivity index is 1.56. The quantitative estimate of drug-likeness (QED) is 0.259. The third kappa shape index (κ3) is 4.80. The van der Waals surface area contributed by atoms with Crippen LogP contribution in [-0.2, 0) is 17.6 Å². The number of hydrogen-bond acceptors (Lipinski definition) is 5. The number of carbonyl (C=O) groups excluding carboxylic acids is 1. The van der Waals surface area contributed by atoms with E-state index in [4.69, 9.17) is 4.98 Å². The molecule has 2 heterocycles. The summed E-state index contributed by atoms with van der Waals surface area (Å²) < 4.78 is 1.72. The third-order valence-electron chi connectivity index (χ3n) is 6.53. The molecule has 35 heavy (non-hydrogen) atoms. The predicted molar refractivity (Wildman–Crippen MR) is 146 cm³/mol. The molecule has 1 N–H and O–H groups in total. The number of hydrogen-bond donors (Lipinski definition) is 1. The summed E-state index contributed by atoms with van der Waals surface area (Å²) in [6.45, 7) is 8.32. The molecule has 2 aromatic carbocycles. The van der Waals surface area contributed by atoms with Crippen molar-refractivity contribution < 1.29 is 4.79 Å². The number of nitrogens with zero attached hydrogens (tertiary/aromatic N) is 2. The molecular formula is C28H29N3O2S2. The molecule has 1 aliphatic rings. The highest BCUT2D eigenvalue weighted by Gasteiger charge is 2.25. The van der Waals surface area contributed by atoms with E-state index in [1.807, 2.05) is 57.2 Å². The van der Waals surface area contributed by atoms with Crippen molar-refractivity contribution in [2.24, 2.45) is 5.92 Å². The summed E-state index contributed by atoms with van der Waals surface area (Å²) in [6.07, 6.45) is 3.02. The minimum Gasteiger partial charge on any atom is -0.325 e. The van der Waals surface area contributed by atoms with Crippen LogP contribution in [0.1, 0.15) is 40.5 Å². The Labute approximate surface area is 213 Å². The zero-order chi connectivity index (χ0) is 24.7. The monoisotopic (exact) mass is 503 g/mol. The van der Waals surface area contributed by atoms with Crippen LogP contribution < -0.4 is 10.9 Å². The maximum Gasteiger partial charge on any atom is 0.267 e. The van der Waals surface area contributed by atoms with Crippen LogP contribution >= 0.6 is 23.1 Å². The van der Waals surface area contributed by atoms with Crippen molar-refractivity contribution in [3.05, 3.63) is 79.9 Å². The van der Waals surface area contributed by atoms with E-state index in [9.17, 15) is 9.59 Å². The zero-order valence-corrected chi connectivity index (χ0v) is 22.1. The number of anilines is 1. The standard InChI is InChI=1S/C28H29N3O2S2/c1-16-6-5-7-20(13-16)29-24(32)15-34-28-30-26-25(21-10-8-18(3)14-23(21)35-26)27(33)31(28)22-11-9-17(2)12-19(22)4/h5-7,9,11-13,18H,8,10,14-15H2,1-4H3,(H,29,32)/t18-/m1/s1. The second kappa shape index (κ2) is 9.63. The fourth-order valence-electron chi connectivity index (χ4n) is 4.79. The van der Waals surface area contributed by atoms with Crippen molar-refractivity contribution in [3.8, 4) is 5.69 Å². The van der Waals surface area contributed by atoms with Gasteiger partial charge in [0.1, 0.15) is 4.83 Å². The summed E-state index contributed by atoms with van der Waals surface area (Å²) in [5.74, 6) is 0.663. The molecule has 0 bridgehead atoms. The molecule has 180 valence electrons. The molecule has 0 spiro atoms. The Morgan fingerprint density at radius 1 is 1.17 bits per heavy atom. The molecule has 0 saturated carbocycles. The number of thiophene rings is 1. The third-order valence-corrected chi connectivity index (χ3v) is 8.61. The smallest absolute Gasteiger partial charge is 0.267 e. The van der Waals surface area contributed by atoms with Gasteiger partial charge in [-0.05, 0) is 80.8 Å². The van der Waals surface area contributed by atoms with Crippen LogP contribution in [-0.4, -0.2) is 21.2 Å². The Morgan fingerprint density at radius 2 is 1.97 bits per heavy atom. The van der Waals surface area contributed by atoms with Crippen LogP contribution in [0.3, 0.4) is 0 Å². The summed E-state index contributed by atoms with van der Waals surface area (Å²) in [4.78, 5) is 33.8. The number of amides is 1. The van der Waals surface area contributed by atoms with E-state index in [1.165, 1.54) is 22.2 Å². The lowest BCUT2D eigenvalue weighted by atomic mass is 9.89. The van der Waals surface area contributed by atoms with Gasteiger partial charge < -0.3 is 5.32 Å². The van der Waals surface area contributed by atoms with Gasteiger partial charge in [0.2, 0.25) is 5.91 Å². The highest BCUT2D eigenvalue weighted by Crippen LogP contribution is 2.37. The fraction of sp³-hybridized carbons (Fsp3) is 0.321. The van der Waals surface area contributed by atoms with Crippen LogP contribution in [0.2, 0.25) is 0 Å². The lowest BCUT2D eigenvalue weighted by molar-refractivity contribution is -0.113. The average molecular weight is 504 g/mol. The second-order valence-corrected chi connectivity index (χ2v) is 11.6. The lowest BCUT2D eigenvalue weighted by Crippen LogP contribution is -2.24. The first-order chi connectivity index (χ1) is 16.8. The van der Waals surface area contributed by atoms with Gasteiger partial charge in [0.25, 0.3) is 5.56 Å². The van der Waals surface area contributed by atoms with Crippen molar-refractivity contribution in [2.75, 3.05) is 11.1 Å². The van der Waals surface area contributed by atoms with Crippen molar-refractivity contribution >= 4 is 44.9 Å². The fourth-order valence-corrected chi connectivity index (χ4v) is 7.02. The molecule has 1 amide bonds. The molecule has 5 nitrogen and oxygen atoms in total. The maximum atomic E-state index is 14.0. The normalized spacial score (nSPS) is 15.3. The average Bonchev–Trinajstić information content (AvgIpc) is 3.16. The summed E-state index contributed by atoms with van der Waals surface area (Å²) in [5.41, 5.74) is 5.97. The Kier molecular flexibility index (Phi) is 6.55. The van der Waals surface area contributed by atoms with Crippen LogP contribution in [0.4, 0.5) is 5.69 Å². The highest BCUT2D eigenvalue weighted by molar-refractivity contribution is 7.99. The van der Waals surface area contributed by atoms with Gasteiger partial charge in [-0.1, -0.05) is 48.5 Å². The molecule has 0 saturated heterocycles. The minimum absolute atomic E-state index is 0.0319. The first-order valence-electron chi connectivity index (χ1n) is 11.9. The molecule has 5 rings (SSSR count). The summed E-state index contributed by atoms with van der Waals surface area (Å²) in [7, 11) is 0. The maximum absolute atomic E-state index is 14.0. The van der Waals surface area contributed by atoms with E-state index >= 15 is 0 Å². The van der Waals surface area contributed by atoms with Crippen LogP contribution in [0.15, 0.2) is 52.4 Å². The van der Waals surface area contributed by atoms with Crippen LogP contribution in [0.5, 0.6) is 0 Å². The molecule has 0 aliphatic heterocycles. The van der Waals surface area contributed by atoms with Gasteiger partial charge in [0.05, 0.1) is 16.8 Å². The molecular weight excluding hydrogens is 474 g/mol. The number of fused-ring (bicyclic) bond motifs is 3. The van der Waals surface area contributed by atoms with Gasteiger partial charge in [-0.25, -0.2) is 4.98 Å². The lowest BCUT2D eigenvalue weighted by Gasteiger charge is -2.18. The van der Waals surface area contributed by atoms with Crippen LogP contribution in [0.25, 0.3) is 15.9 Å². The number of benzene rings is 2. The van der Waals surface area contributed by atoms with E-state index in [1.54, 1.807) is 15.9 Å². The molecule has 1 aliphatic carbocycles. The number of rotatable bonds is 5. The number of aryl methyl sites for hydroxylation is 4. The predicted octanol–water partition coefficient (Wildman–Crippen LogP) is 6.23. The van der Waals surface area contributed by atoms with Gasteiger partial charge in [0.15, 0.2) is 5.16 Å². The van der Waals surface area contributed by atoms with E-state index in [-0.39, 0.29) is 17.2 Å². The number of thioether (sulfide) groups is 1. The molecule has 7 heteroatoms. The largest absolute Gasteiger partial charge is 0.325 e. The minimum atomic E-state index is -0.124. The number of carbonyl (C=O) groups is 1. The van der Waals surface area contributed by atoms with Gasteiger partial charge in [-0.15, -0.1) is 11.3 Å². The van der Waals surface area contributed by atoms with Crippen molar-refractivity contribution in [1.82, 2.24) is 9.55 Å². The van der Waals surface area contributed by atoms with Crippen molar-refractivity contribution in [3.63, 3.8) is 0 Å². The Bertz CT molecular complexity index is 1500. The second-order valence-electron chi connectivity index (χ2n) is 9.56. The van der Waals surface area contributed by atoms with E-state index in [0.29, 0.717) is 11.1 Å². The zero-order valence-electron chi connectivity index (χ0n) is 20.5. The summed E-state index contributed by atoms with van der Waals surface area (Å²) >= 11 is 2.95. The summed E-state index contributed by atoms with van der Waals surface area (Å²) in [6, 6.07) is 13.8. The van der Waals surface area contributed by atoms with Gasteiger partial charge in [0, 0.05) is 10.6 Å². The summed E-state index contributed by atoms with van der Waals surface area (Å²) in [5, 5.41) is 4.27. The molecule has 1 atom stereocenters. The van der Waals surface area contributed by atoms with Crippen LogP contribution in [0, 0.1) is 26.7 Å². The van der Waals surface area contributed by atoms with Crippen molar-refractivity contribution in [1.29, 1.82) is 0 Å². The topological polar surface area (TPSA) is 64.0 Å². The number of aromatic nitrogens is 2. The SMILES string of the molecule is Cc1cccc(NC(=O)CSc2nc3sc4c(c3c(=O)n2-c2ccc(C)cc2C)CC[C@@H](C)C4)c1. The van der Waals surface area contributed by atoms with Gasteiger partial charge in [-0.2, -0.15) is 0 Å². The van der Waals surface area contributed by atoms with Gasteiger partial charge >= 0.3 is 0 Å². The van der Waals surface area contributed by atoms with E-state index in [2.05, 4.69) is 18.3 Å². The number of nitrogens with one attached hydrogen (secondary N) is 1. The van der Waals surface area contributed by atoms with Gasteiger partial charge in [-0.3, -0.25) is 14.2 Å². The highest BCUT2D eigenvalue weighted by atomic mass is 32.2. The molecule has 0 unspecified atom stereocenters. The molecule has 2 aromatic heterocycles. The molecule has 0 radical (unpaired) electrons. The first kappa shape index (κ1) is 23.8. The molecule has 4 aromatic rings.